The van der Waals surface area contributed by atoms with Gasteiger partial charge in [0.25, 0.3) is 0 Å². The van der Waals surface area contributed by atoms with Crippen molar-refractivity contribution in [1.29, 1.82) is 0 Å². The van der Waals surface area contributed by atoms with E-state index in [-0.39, 0.29) is 17.4 Å². The van der Waals surface area contributed by atoms with Gasteiger partial charge >= 0.3 is 6.18 Å². The molecule has 7 heteroatoms. The number of alkyl halides is 3. The first-order valence-electron chi connectivity index (χ1n) is 3.70. The molecule has 1 aliphatic rings. The first-order valence-corrected chi connectivity index (χ1v) is 4.08. The van der Waals surface area contributed by atoms with Crippen molar-refractivity contribution in [2.24, 2.45) is 4.99 Å². The van der Waals surface area contributed by atoms with Crippen LogP contribution in [0.5, 0.6) is 0 Å². The Morgan fingerprint density at radius 2 is 2.14 bits per heavy atom. The summed E-state index contributed by atoms with van der Waals surface area (Å²) < 4.78 is 36.9. The number of aliphatic imine (C=N–C) groups is 1. The number of nitrogens with one attached hydrogen (secondary N) is 1. The first kappa shape index (κ1) is 11.3. The predicted molar refractivity (Wildman–Crippen MR) is 46.1 cm³/mol. The summed E-state index contributed by atoms with van der Waals surface area (Å²) in [5, 5.41) is 11.5. The molecule has 0 saturated carbocycles. The molecule has 3 nitrogen and oxygen atoms in total. The minimum atomic E-state index is -4.72. The second-order valence-corrected chi connectivity index (χ2v) is 3.35. The van der Waals surface area contributed by atoms with E-state index in [2.05, 4.69) is 10.3 Å². The van der Waals surface area contributed by atoms with Crippen LogP contribution in [0.2, 0.25) is 0 Å². The van der Waals surface area contributed by atoms with Gasteiger partial charge in [-0.25, -0.2) is 0 Å². The highest BCUT2D eigenvalue weighted by molar-refractivity contribution is 6.64. The number of halogens is 4. The molecule has 1 aliphatic heterocycles. The monoisotopic (exact) mass is 228 g/mol. The molecule has 0 bridgehead atoms. The van der Waals surface area contributed by atoms with Crippen LogP contribution in [0.4, 0.5) is 13.2 Å². The maximum Gasteiger partial charge on any atom is 0.420 e. The average Bonchev–Trinajstić information content (AvgIpc) is 2.03. The lowest BCUT2D eigenvalue weighted by Gasteiger charge is -2.29. The van der Waals surface area contributed by atoms with Gasteiger partial charge in [-0.05, 0) is 18.5 Å². The molecule has 2 N–H and O–H groups in total. The topological polar surface area (TPSA) is 44.6 Å². The molecule has 1 unspecified atom stereocenters. The molecule has 0 saturated heterocycles. The summed E-state index contributed by atoms with van der Waals surface area (Å²) in [6, 6.07) is 0. The van der Waals surface area contributed by atoms with Crippen molar-refractivity contribution in [2.75, 3.05) is 6.54 Å². The van der Waals surface area contributed by atoms with Crippen LogP contribution >= 0.6 is 11.6 Å². The number of hydrogen-bond acceptors (Lipinski definition) is 3. The molecule has 0 amide bonds. The second-order valence-electron chi connectivity index (χ2n) is 2.99. The Hall–Kier alpha value is -0.750. The standard InChI is InChI=1S/C7H8ClF3N2O/c1-6(14,7(9,10)11)4-2-12-5(8)13-3-4/h2,14H,3H2,1H3,(H,12,13). The minimum Gasteiger partial charge on any atom is -0.377 e. The van der Waals surface area contributed by atoms with Crippen molar-refractivity contribution >= 4 is 16.9 Å². The van der Waals surface area contributed by atoms with E-state index < -0.39 is 11.8 Å². The Morgan fingerprint density at radius 1 is 1.57 bits per heavy atom. The third-order valence-electron chi connectivity index (χ3n) is 1.93. The summed E-state index contributed by atoms with van der Waals surface area (Å²) in [5.74, 6) is 0. The van der Waals surface area contributed by atoms with Crippen molar-refractivity contribution < 1.29 is 18.3 Å². The average molecular weight is 229 g/mol. The van der Waals surface area contributed by atoms with Crippen molar-refractivity contribution in [1.82, 2.24) is 5.32 Å². The fraction of sp³-hybridized carbons (Fsp3) is 0.571. The van der Waals surface area contributed by atoms with E-state index in [0.717, 1.165) is 6.20 Å². The van der Waals surface area contributed by atoms with Crippen LogP contribution in [-0.4, -0.2) is 28.7 Å². The molecule has 0 aromatic rings. The number of hydrogen-bond donors (Lipinski definition) is 2. The van der Waals surface area contributed by atoms with E-state index in [1.165, 1.54) is 0 Å². The Balaban J connectivity index is 2.86. The molecular weight excluding hydrogens is 221 g/mol. The summed E-state index contributed by atoms with van der Waals surface area (Å²) >= 11 is 5.38. The molecule has 14 heavy (non-hydrogen) atoms. The zero-order valence-corrected chi connectivity index (χ0v) is 7.95. The van der Waals surface area contributed by atoms with Gasteiger partial charge in [-0.15, -0.1) is 0 Å². The number of amidine groups is 1. The zero-order valence-electron chi connectivity index (χ0n) is 7.19. The largest absolute Gasteiger partial charge is 0.420 e. The molecule has 0 radical (unpaired) electrons. The molecule has 0 aromatic carbocycles. The molecular formula is C7H8ClF3N2O. The van der Waals surface area contributed by atoms with Gasteiger partial charge in [-0.2, -0.15) is 13.2 Å². The van der Waals surface area contributed by atoms with E-state index in [1.807, 2.05) is 0 Å². The maximum atomic E-state index is 12.3. The van der Waals surface area contributed by atoms with Crippen LogP contribution in [0, 0.1) is 0 Å². The van der Waals surface area contributed by atoms with Crippen LogP contribution < -0.4 is 5.32 Å². The highest BCUT2D eigenvalue weighted by Crippen LogP contribution is 2.36. The molecule has 0 aliphatic carbocycles. The van der Waals surface area contributed by atoms with Crippen LogP contribution in [-0.2, 0) is 0 Å². The summed E-state index contributed by atoms with van der Waals surface area (Å²) in [5.41, 5.74) is -3.14. The quantitative estimate of drug-likeness (QED) is 0.666. The maximum absolute atomic E-state index is 12.3. The molecule has 1 heterocycles. The fourth-order valence-corrected chi connectivity index (χ4v) is 0.983. The van der Waals surface area contributed by atoms with Gasteiger partial charge in [0.1, 0.15) is 0 Å². The molecule has 0 fully saturated rings. The molecule has 1 atom stereocenters. The normalized spacial score (nSPS) is 21.9. The molecule has 0 spiro atoms. The number of aliphatic hydroxyl groups is 1. The molecule has 0 aromatic heterocycles. The third-order valence-corrected chi connectivity index (χ3v) is 2.16. The van der Waals surface area contributed by atoms with E-state index in [4.69, 9.17) is 11.6 Å². The van der Waals surface area contributed by atoms with Crippen LogP contribution in [0.1, 0.15) is 6.92 Å². The van der Waals surface area contributed by atoms with Gasteiger partial charge in [-0.3, -0.25) is 4.99 Å². The summed E-state index contributed by atoms with van der Waals surface area (Å²) in [4.78, 5) is 3.53. The van der Waals surface area contributed by atoms with E-state index in [1.54, 1.807) is 0 Å². The van der Waals surface area contributed by atoms with Gasteiger partial charge in [0.15, 0.2) is 10.9 Å². The van der Waals surface area contributed by atoms with Crippen LogP contribution in [0.3, 0.4) is 0 Å². The highest BCUT2D eigenvalue weighted by atomic mass is 35.5. The van der Waals surface area contributed by atoms with Crippen LogP contribution in [0.25, 0.3) is 0 Å². The Morgan fingerprint density at radius 3 is 2.50 bits per heavy atom. The Bertz CT molecular complexity index is 296. The Labute approximate surface area is 83.3 Å². The van der Waals surface area contributed by atoms with Gasteiger partial charge in [0.2, 0.25) is 0 Å². The third kappa shape index (κ3) is 2.01. The Kier molecular flexibility index (Phi) is 2.78. The lowest BCUT2D eigenvalue weighted by atomic mass is 9.95. The van der Waals surface area contributed by atoms with Gasteiger partial charge < -0.3 is 10.4 Å². The van der Waals surface area contributed by atoms with E-state index in [9.17, 15) is 18.3 Å². The summed E-state index contributed by atoms with van der Waals surface area (Å²) in [6.45, 7) is 0.410. The van der Waals surface area contributed by atoms with Crippen molar-refractivity contribution in [3.8, 4) is 0 Å². The summed E-state index contributed by atoms with van der Waals surface area (Å²) in [7, 11) is 0. The lowest BCUT2D eigenvalue weighted by Crippen LogP contribution is -2.46. The first-order chi connectivity index (χ1) is 6.25. The van der Waals surface area contributed by atoms with Gasteiger partial charge in [-0.1, -0.05) is 0 Å². The van der Waals surface area contributed by atoms with E-state index in [0.29, 0.717) is 6.92 Å². The number of nitrogens with zero attached hydrogens (tertiary/aromatic N) is 1. The van der Waals surface area contributed by atoms with E-state index >= 15 is 0 Å². The van der Waals surface area contributed by atoms with Crippen molar-refractivity contribution in [2.45, 2.75) is 18.7 Å². The summed E-state index contributed by atoms with van der Waals surface area (Å²) in [6.07, 6.45) is -3.71. The van der Waals surface area contributed by atoms with Crippen molar-refractivity contribution in [3.05, 3.63) is 11.8 Å². The minimum absolute atomic E-state index is 0.00623. The van der Waals surface area contributed by atoms with Crippen LogP contribution in [0.15, 0.2) is 16.8 Å². The zero-order chi connectivity index (χ0) is 11.0. The number of rotatable bonds is 1. The van der Waals surface area contributed by atoms with Crippen molar-refractivity contribution in [3.63, 3.8) is 0 Å². The fourth-order valence-electron chi connectivity index (χ4n) is 0.869. The van der Waals surface area contributed by atoms with Gasteiger partial charge in [0.05, 0.1) is 6.54 Å². The second kappa shape index (κ2) is 3.43. The van der Waals surface area contributed by atoms with Gasteiger partial charge in [0, 0.05) is 11.8 Å². The highest BCUT2D eigenvalue weighted by Gasteiger charge is 2.52. The smallest absolute Gasteiger partial charge is 0.377 e. The predicted octanol–water partition coefficient (Wildman–Crippen LogP) is 1.38. The SMILES string of the molecule is CC(O)(C1=CNC(Cl)=NC1)C(F)(F)F. The lowest BCUT2D eigenvalue weighted by molar-refractivity contribution is -0.237. The molecule has 1 rings (SSSR count). The molecule has 80 valence electrons.